The molecular formula is C15H30N2O2. The highest BCUT2D eigenvalue weighted by atomic mass is 16.5. The number of amides is 1. The molecule has 112 valence electrons. The number of hydrogen-bond acceptors (Lipinski definition) is 3. The summed E-state index contributed by atoms with van der Waals surface area (Å²) in [5.41, 5.74) is 6.08. The number of nitrogens with one attached hydrogen (secondary N) is 1. The Morgan fingerprint density at radius 3 is 2.37 bits per heavy atom. The zero-order valence-electron chi connectivity index (χ0n) is 12.9. The van der Waals surface area contributed by atoms with Crippen LogP contribution in [0.1, 0.15) is 52.9 Å². The maximum atomic E-state index is 11.2. The normalized spacial score (nSPS) is 28.2. The Balaban J connectivity index is 2.44. The summed E-state index contributed by atoms with van der Waals surface area (Å²) < 4.78 is 5.97. The molecule has 0 bridgehead atoms. The van der Waals surface area contributed by atoms with E-state index in [-0.39, 0.29) is 11.5 Å². The second-order valence-corrected chi connectivity index (χ2v) is 6.80. The van der Waals surface area contributed by atoms with Crippen molar-refractivity contribution in [3.8, 4) is 0 Å². The Bertz CT molecular complexity index is 289. The topological polar surface area (TPSA) is 64.3 Å². The molecule has 19 heavy (non-hydrogen) atoms. The molecule has 0 heterocycles. The van der Waals surface area contributed by atoms with Crippen molar-refractivity contribution in [2.45, 2.75) is 58.5 Å². The van der Waals surface area contributed by atoms with Gasteiger partial charge in [0.25, 0.3) is 0 Å². The van der Waals surface area contributed by atoms with E-state index in [0.717, 1.165) is 18.8 Å². The molecule has 1 rings (SSSR count). The second kappa shape index (κ2) is 6.71. The number of carbonyl (C=O) groups excluding carboxylic acids is 1. The van der Waals surface area contributed by atoms with Gasteiger partial charge in [-0.25, -0.2) is 0 Å². The molecule has 1 aliphatic rings. The van der Waals surface area contributed by atoms with Gasteiger partial charge in [-0.1, -0.05) is 20.8 Å². The lowest BCUT2D eigenvalue weighted by atomic mass is 9.68. The van der Waals surface area contributed by atoms with Crippen LogP contribution in [0.25, 0.3) is 0 Å². The van der Waals surface area contributed by atoms with E-state index in [9.17, 15) is 4.79 Å². The van der Waals surface area contributed by atoms with E-state index < -0.39 is 0 Å². The third-order valence-electron chi connectivity index (χ3n) is 4.51. The predicted octanol–water partition coefficient (Wildman–Crippen LogP) is 2.07. The second-order valence-electron chi connectivity index (χ2n) is 6.80. The quantitative estimate of drug-likeness (QED) is 0.804. The van der Waals surface area contributed by atoms with E-state index in [4.69, 9.17) is 10.5 Å². The van der Waals surface area contributed by atoms with Gasteiger partial charge in [-0.05, 0) is 37.0 Å². The summed E-state index contributed by atoms with van der Waals surface area (Å²) in [6.45, 7) is 7.94. The van der Waals surface area contributed by atoms with Gasteiger partial charge < -0.3 is 15.8 Å². The summed E-state index contributed by atoms with van der Waals surface area (Å²) in [4.78, 5) is 11.2. The van der Waals surface area contributed by atoms with Crippen molar-refractivity contribution >= 4 is 5.91 Å². The van der Waals surface area contributed by atoms with Gasteiger partial charge in [0.1, 0.15) is 0 Å². The first-order valence-electron chi connectivity index (χ1n) is 7.37. The van der Waals surface area contributed by atoms with Crippen molar-refractivity contribution in [2.75, 3.05) is 20.2 Å². The summed E-state index contributed by atoms with van der Waals surface area (Å²) in [7, 11) is 1.65. The Morgan fingerprint density at radius 2 is 1.95 bits per heavy atom. The van der Waals surface area contributed by atoms with E-state index >= 15 is 0 Å². The molecule has 0 atom stereocenters. The molecule has 0 aromatic heterocycles. The molecule has 1 fully saturated rings. The Labute approximate surface area is 117 Å². The highest BCUT2D eigenvalue weighted by Crippen LogP contribution is 2.42. The lowest BCUT2D eigenvalue weighted by Gasteiger charge is -2.43. The number of nitrogens with two attached hydrogens (primary N) is 1. The van der Waals surface area contributed by atoms with E-state index in [1.807, 2.05) is 0 Å². The van der Waals surface area contributed by atoms with Crippen molar-refractivity contribution in [2.24, 2.45) is 17.1 Å². The number of carbonyl (C=O) groups is 1. The largest absolute Gasteiger partial charge is 0.373 e. The van der Waals surface area contributed by atoms with E-state index in [1.165, 1.54) is 12.8 Å². The number of rotatable bonds is 5. The van der Waals surface area contributed by atoms with Crippen molar-refractivity contribution in [3.05, 3.63) is 0 Å². The van der Waals surface area contributed by atoms with Gasteiger partial charge in [-0.3, -0.25) is 4.79 Å². The Hall–Kier alpha value is -0.610. The summed E-state index contributed by atoms with van der Waals surface area (Å²) in [6.07, 6.45) is 4.78. The standard InChI is InChI=1S/C15H30N2O2/c1-14(2,3)12-5-8-15(11-16,9-6-12)19-10-7-13(18)17-4/h12H,5-11,16H2,1-4H3,(H,17,18). The van der Waals surface area contributed by atoms with E-state index in [1.54, 1.807) is 7.05 Å². The minimum atomic E-state index is -0.199. The van der Waals surface area contributed by atoms with Crippen molar-refractivity contribution in [1.29, 1.82) is 0 Å². The monoisotopic (exact) mass is 270 g/mol. The van der Waals surface area contributed by atoms with Gasteiger partial charge >= 0.3 is 0 Å². The molecule has 4 heteroatoms. The summed E-state index contributed by atoms with van der Waals surface area (Å²) in [5, 5.41) is 2.61. The highest BCUT2D eigenvalue weighted by molar-refractivity contribution is 5.75. The van der Waals surface area contributed by atoms with Crippen molar-refractivity contribution in [3.63, 3.8) is 0 Å². The van der Waals surface area contributed by atoms with Gasteiger partial charge in [0.2, 0.25) is 5.91 Å². The van der Waals surface area contributed by atoms with Crippen molar-refractivity contribution in [1.82, 2.24) is 5.32 Å². The van der Waals surface area contributed by atoms with Gasteiger partial charge in [-0.2, -0.15) is 0 Å². The molecule has 0 aromatic rings. The molecule has 0 aliphatic heterocycles. The Kier molecular flexibility index (Phi) is 5.81. The van der Waals surface area contributed by atoms with E-state index in [0.29, 0.717) is 25.0 Å². The van der Waals surface area contributed by atoms with Crippen LogP contribution in [0.4, 0.5) is 0 Å². The van der Waals surface area contributed by atoms with Crippen LogP contribution < -0.4 is 11.1 Å². The van der Waals surface area contributed by atoms with E-state index in [2.05, 4.69) is 26.1 Å². The molecule has 0 radical (unpaired) electrons. The zero-order chi connectivity index (χ0) is 14.5. The predicted molar refractivity (Wildman–Crippen MR) is 77.8 cm³/mol. The average molecular weight is 270 g/mol. The average Bonchev–Trinajstić information content (AvgIpc) is 2.38. The molecule has 0 aromatic carbocycles. The maximum absolute atomic E-state index is 11.2. The van der Waals surface area contributed by atoms with Crippen LogP contribution in [0.5, 0.6) is 0 Å². The van der Waals surface area contributed by atoms with Crippen molar-refractivity contribution < 1.29 is 9.53 Å². The van der Waals surface area contributed by atoms with Gasteiger partial charge in [-0.15, -0.1) is 0 Å². The minimum Gasteiger partial charge on any atom is -0.373 e. The molecule has 0 unspecified atom stereocenters. The molecule has 1 amide bonds. The summed E-state index contributed by atoms with van der Waals surface area (Å²) >= 11 is 0. The van der Waals surface area contributed by atoms with Crippen LogP contribution in [-0.2, 0) is 9.53 Å². The summed E-state index contributed by atoms with van der Waals surface area (Å²) in [5.74, 6) is 0.769. The first-order valence-corrected chi connectivity index (χ1v) is 7.37. The number of hydrogen-bond donors (Lipinski definition) is 2. The maximum Gasteiger partial charge on any atom is 0.222 e. The first kappa shape index (κ1) is 16.4. The molecular weight excluding hydrogens is 240 g/mol. The molecule has 0 saturated heterocycles. The van der Waals surface area contributed by atoms with Crippen LogP contribution in [0.3, 0.4) is 0 Å². The lowest BCUT2D eigenvalue weighted by molar-refractivity contribution is -0.125. The van der Waals surface area contributed by atoms with Crippen LogP contribution >= 0.6 is 0 Å². The van der Waals surface area contributed by atoms with Gasteiger partial charge in [0.15, 0.2) is 0 Å². The van der Waals surface area contributed by atoms with Gasteiger partial charge in [0, 0.05) is 20.0 Å². The fraction of sp³-hybridized carbons (Fsp3) is 0.933. The van der Waals surface area contributed by atoms with Crippen LogP contribution in [0.2, 0.25) is 0 Å². The summed E-state index contributed by atoms with van der Waals surface area (Å²) in [6, 6.07) is 0. The van der Waals surface area contributed by atoms with Crippen LogP contribution in [-0.4, -0.2) is 31.7 Å². The highest BCUT2D eigenvalue weighted by Gasteiger charge is 2.38. The fourth-order valence-electron chi connectivity index (χ4n) is 2.90. The molecule has 0 spiro atoms. The third kappa shape index (κ3) is 4.77. The molecule has 1 saturated carbocycles. The zero-order valence-corrected chi connectivity index (χ0v) is 12.9. The van der Waals surface area contributed by atoms with Crippen LogP contribution in [0.15, 0.2) is 0 Å². The molecule has 1 aliphatic carbocycles. The minimum absolute atomic E-state index is 0.0237. The first-order chi connectivity index (χ1) is 8.83. The number of ether oxygens (including phenoxy) is 1. The fourth-order valence-corrected chi connectivity index (χ4v) is 2.90. The third-order valence-corrected chi connectivity index (χ3v) is 4.51. The molecule has 4 nitrogen and oxygen atoms in total. The SMILES string of the molecule is CNC(=O)CCOC1(CN)CCC(C(C)(C)C)CC1. The smallest absolute Gasteiger partial charge is 0.222 e. The Morgan fingerprint density at radius 1 is 1.37 bits per heavy atom. The molecule has 3 N–H and O–H groups in total. The van der Waals surface area contributed by atoms with Crippen LogP contribution in [0, 0.1) is 11.3 Å². The van der Waals surface area contributed by atoms with Gasteiger partial charge in [0.05, 0.1) is 12.2 Å². The lowest BCUT2D eigenvalue weighted by Crippen LogP contribution is -2.46.